The van der Waals surface area contributed by atoms with Crippen molar-refractivity contribution >= 4 is 16.0 Å². The zero-order valence-electron chi connectivity index (χ0n) is 10.9. The van der Waals surface area contributed by atoms with Gasteiger partial charge in [0, 0.05) is 13.6 Å². The summed E-state index contributed by atoms with van der Waals surface area (Å²) in [6.07, 6.45) is 0. The number of nitrogens with zero attached hydrogens (tertiary/aromatic N) is 2. The molecule has 8 heteroatoms. The standard InChI is InChI=1S/C12H13FN2O4S/c1-8(12(16)17)7-15(2)20(18,19)10-3-4-11(13)9(5-10)6-14/h3-5,8H,7H2,1-2H3,(H,16,17). The number of hydrogen-bond acceptors (Lipinski definition) is 4. The topological polar surface area (TPSA) is 98.5 Å². The van der Waals surface area contributed by atoms with Crippen LogP contribution < -0.4 is 0 Å². The first-order valence-electron chi connectivity index (χ1n) is 5.59. The first-order valence-corrected chi connectivity index (χ1v) is 7.03. The van der Waals surface area contributed by atoms with Gasteiger partial charge in [0.05, 0.1) is 16.4 Å². The molecule has 0 radical (unpaired) electrons. The summed E-state index contributed by atoms with van der Waals surface area (Å²) in [6.45, 7) is 1.15. The van der Waals surface area contributed by atoms with Gasteiger partial charge in [-0.2, -0.15) is 5.26 Å². The van der Waals surface area contributed by atoms with Crippen molar-refractivity contribution in [2.45, 2.75) is 11.8 Å². The fourth-order valence-corrected chi connectivity index (χ4v) is 2.78. The van der Waals surface area contributed by atoms with Crippen LogP contribution in [0, 0.1) is 23.1 Å². The molecule has 0 aliphatic rings. The van der Waals surface area contributed by atoms with Crippen molar-refractivity contribution in [2.24, 2.45) is 5.92 Å². The summed E-state index contributed by atoms with van der Waals surface area (Å²) in [5.41, 5.74) is -0.384. The number of rotatable bonds is 5. The van der Waals surface area contributed by atoms with Gasteiger partial charge in [0.25, 0.3) is 0 Å². The van der Waals surface area contributed by atoms with E-state index in [9.17, 15) is 17.6 Å². The fraction of sp³-hybridized carbons (Fsp3) is 0.333. The third-order valence-corrected chi connectivity index (χ3v) is 4.54. The van der Waals surface area contributed by atoms with E-state index in [1.165, 1.54) is 14.0 Å². The van der Waals surface area contributed by atoms with Gasteiger partial charge in [-0.15, -0.1) is 0 Å². The maximum atomic E-state index is 13.2. The highest BCUT2D eigenvalue weighted by Crippen LogP contribution is 2.18. The lowest BCUT2D eigenvalue weighted by atomic mass is 10.2. The van der Waals surface area contributed by atoms with Crippen molar-refractivity contribution in [1.29, 1.82) is 5.26 Å². The minimum absolute atomic E-state index is 0.225. The maximum Gasteiger partial charge on any atom is 0.307 e. The lowest BCUT2D eigenvalue weighted by Crippen LogP contribution is -2.33. The van der Waals surface area contributed by atoms with Crippen LogP contribution in [0.15, 0.2) is 23.1 Å². The molecule has 1 rings (SSSR count). The van der Waals surface area contributed by atoms with Crippen LogP contribution in [0.2, 0.25) is 0 Å². The number of sulfonamides is 1. The molecule has 0 saturated carbocycles. The maximum absolute atomic E-state index is 13.2. The van der Waals surface area contributed by atoms with Crippen molar-refractivity contribution < 1.29 is 22.7 Å². The average molecular weight is 300 g/mol. The normalized spacial score (nSPS) is 12.9. The van der Waals surface area contributed by atoms with E-state index in [0.29, 0.717) is 0 Å². The molecule has 0 bridgehead atoms. The monoisotopic (exact) mass is 300 g/mol. The van der Waals surface area contributed by atoms with Gasteiger partial charge in [0.15, 0.2) is 0 Å². The van der Waals surface area contributed by atoms with Gasteiger partial charge < -0.3 is 5.11 Å². The van der Waals surface area contributed by atoms with E-state index in [0.717, 1.165) is 22.5 Å². The molecule has 0 aliphatic heterocycles. The number of halogens is 1. The number of aliphatic carboxylic acids is 1. The molecule has 6 nitrogen and oxygen atoms in total. The molecule has 1 aromatic carbocycles. The Bertz CT molecular complexity index is 667. The Kier molecular flexibility index (Phi) is 4.81. The first-order chi connectivity index (χ1) is 9.20. The zero-order valence-corrected chi connectivity index (χ0v) is 11.7. The summed E-state index contributed by atoms with van der Waals surface area (Å²) in [5.74, 6) is -2.82. The molecular formula is C12H13FN2O4S. The van der Waals surface area contributed by atoms with E-state index < -0.39 is 27.7 Å². The summed E-state index contributed by atoms with van der Waals surface area (Å²) in [5, 5.41) is 17.5. The van der Waals surface area contributed by atoms with Gasteiger partial charge in [0.2, 0.25) is 10.0 Å². The van der Waals surface area contributed by atoms with E-state index in [4.69, 9.17) is 10.4 Å². The van der Waals surface area contributed by atoms with Crippen LogP contribution in [0.3, 0.4) is 0 Å². The third-order valence-electron chi connectivity index (χ3n) is 2.72. The SMILES string of the molecule is CC(CN(C)S(=O)(=O)c1ccc(F)c(C#N)c1)C(=O)O. The quantitative estimate of drug-likeness (QED) is 0.876. The minimum atomic E-state index is -3.96. The Balaban J connectivity index is 3.11. The molecule has 20 heavy (non-hydrogen) atoms. The number of hydrogen-bond donors (Lipinski definition) is 1. The Morgan fingerprint density at radius 3 is 2.65 bits per heavy atom. The van der Waals surface area contributed by atoms with Gasteiger partial charge in [-0.05, 0) is 18.2 Å². The molecular weight excluding hydrogens is 287 g/mol. The lowest BCUT2D eigenvalue weighted by molar-refractivity contribution is -0.141. The smallest absolute Gasteiger partial charge is 0.307 e. The Morgan fingerprint density at radius 2 is 2.15 bits per heavy atom. The van der Waals surface area contributed by atoms with Gasteiger partial charge in [-0.1, -0.05) is 6.92 Å². The lowest BCUT2D eigenvalue weighted by Gasteiger charge is -2.19. The Hall–Kier alpha value is -1.98. The van der Waals surface area contributed by atoms with Crippen molar-refractivity contribution in [3.8, 4) is 6.07 Å². The highest BCUT2D eigenvalue weighted by molar-refractivity contribution is 7.89. The van der Waals surface area contributed by atoms with Gasteiger partial charge in [0.1, 0.15) is 11.9 Å². The summed E-state index contributed by atoms with van der Waals surface area (Å²) in [6, 6.07) is 4.40. The van der Waals surface area contributed by atoms with Gasteiger partial charge in [-0.25, -0.2) is 17.1 Å². The van der Waals surface area contributed by atoms with E-state index in [2.05, 4.69) is 0 Å². The highest BCUT2D eigenvalue weighted by Gasteiger charge is 2.25. The average Bonchev–Trinajstić information content (AvgIpc) is 2.38. The highest BCUT2D eigenvalue weighted by atomic mass is 32.2. The van der Waals surface area contributed by atoms with E-state index in [1.54, 1.807) is 6.07 Å². The molecule has 0 saturated heterocycles. The van der Waals surface area contributed by atoms with E-state index in [1.807, 2.05) is 0 Å². The van der Waals surface area contributed by atoms with Crippen LogP contribution in [0.5, 0.6) is 0 Å². The zero-order chi connectivity index (χ0) is 15.5. The van der Waals surface area contributed by atoms with Crippen molar-refractivity contribution in [2.75, 3.05) is 13.6 Å². The van der Waals surface area contributed by atoms with Gasteiger partial charge in [-0.3, -0.25) is 4.79 Å². The van der Waals surface area contributed by atoms with Crippen LogP contribution in [0.4, 0.5) is 4.39 Å². The molecule has 1 aromatic rings. The van der Waals surface area contributed by atoms with Crippen LogP contribution in [0.1, 0.15) is 12.5 Å². The summed E-state index contributed by atoms with van der Waals surface area (Å²) >= 11 is 0. The predicted molar refractivity (Wildman–Crippen MR) is 67.7 cm³/mol. The molecule has 0 fully saturated rings. The number of benzene rings is 1. The Labute approximate surface area is 116 Å². The Morgan fingerprint density at radius 1 is 1.55 bits per heavy atom. The van der Waals surface area contributed by atoms with Gasteiger partial charge >= 0.3 is 5.97 Å². The van der Waals surface area contributed by atoms with E-state index in [-0.39, 0.29) is 17.0 Å². The van der Waals surface area contributed by atoms with Crippen LogP contribution >= 0.6 is 0 Å². The third kappa shape index (κ3) is 3.31. The summed E-state index contributed by atoms with van der Waals surface area (Å²) in [7, 11) is -2.74. The summed E-state index contributed by atoms with van der Waals surface area (Å²) in [4.78, 5) is 10.5. The summed E-state index contributed by atoms with van der Waals surface area (Å²) < 4.78 is 38.4. The van der Waals surface area contributed by atoms with Crippen molar-refractivity contribution in [1.82, 2.24) is 4.31 Å². The van der Waals surface area contributed by atoms with Crippen LogP contribution in [-0.2, 0) is 14.8 Å². The van der Waals surface area contributed by atoms with Crippen molar-refractivity contribution in [3.63, 3.8) is 0 Å². The first kappa shape index (κ1) is 16.1. The molecule has 0 aliphatic carbocycles. The fourth-order valence-electron chi connectivity index (χ4n) is 1.49. The van der Waals surface area contributed by atoms with Crippen LogP contribution in [-0.4, -0.2) is 37.4 Å². The minimum Gasteiger partial charge on any atom is -0.481 e. The molecule has 0 spiro atoms. The molecule has 1 N–H and O–H groups in total. The molecule has 0 amide bonds. The number of carboxylic acids is 1. The molecule has 0 heterocycles. The van der Waals surface area contributed by atoms with Crippen LogP contribution in [0.25, 0.3) is 0 Å². The van der Waals surface area contributed by atoms with Crippen molar-refractivity contribution in [3.05, 3.63) is 29.6 Å². The molecule has 108 valence electrons. The second-order valence-electron chi connectivity index (χ2n) is 4.28. The largest absolute Gasteiger partial charge is 0.481 e. The number of carbonyl (C=O) groups is 1. The predicted octanol–water partition coefficient (Wildman–Crippen LogP) is 1.04. The second kappa shape index (κ2) is 5.98. The molecule has 1 unspecified atom stereocenters. The second-order valence-corrected chi connectivity index (χ2v) is 6.32. The molecule has 1 atom stereocenters. The number of carboxylic acid groups (broad SMARTS) is 1. The molecule has 0 aromatic heterocycles. The number of nitriles is 1. The van der Waals surface area contributed by atoms with E-state index >= 15 is 0 Å².